The third-order valence-corrected chi connectivity index (χ3v) is 6.61. The monoisotopic (exact) mass is 571 g/mol. The molecule has 0 unspecified atom stereocenters. The maximum absolute atomic E-state index is 14.3. The molecule has 0 amide bonds. The van der Waals surface area contributed by atoms with Gasteiger partial charge in [-0.2, -0.15) is 0 Å². The van der Waals surface area contributed by atoms with Crippen molar-refractivity contribution in [3.8, 4) is 28.0 Å². The van der Waals surface area contributed by atoms with E-state index in [2.05, 4.69) is 26.2 Å². The van der Waals surface area contributed by atoms with Crippen LogP contribution in [0.4, 0.5) is 18.9 Å². The summed E-state index contributed by atoms with van der Waals surface area (Å²) in [4.78, 5) is 4.52. The first kappa shape index (κ1) is 24.2. The fourth-order valence-corrected chi connectivity index (χ4v) is 4.72. The maximum Gasteiger partial charge on any atom is 0.168 e. The Labute approximate surface area is 200 Å². The molecule has 9 heteroatoms. The number of methoxy groups -OCH3 is 1. The second-order valence-electron chi connectivity index (χ2n) is 6.67. The number of benzene rings is 2. The molecular formula is C23H21F3IN3OS. The number of hydrogen-bond donors (Lipinski definition) is 1. The average molecular weight is 571 g/mol. The molecule has 0 atom stereocenters. The van der Waals surface area contributed by atoms with Gasteiger partial charge in [0, 0.05) is 76.5 Å². The predicted octanol–water partition coefficient (Wildman–Crippen LogP) is 7.56. The van der Waals surface area contributed by atoms with Gasteiger partial charge in [-0.3, -0.25) is 3.97 Å². The zero-order chi connectivity index (χ0) is 23.6. The van der Waals surface area contributed by atoms with Crippen molar-refractivity contribution in [1.29, 1.82) is 0 Å². The van der Waals surface area contributed by atoms with Crippen molar-refractivity contribution < 1.29 is 17.9 Å². The van der Waals surface area contributed by atoms with Gasteiger partial charge in [0.2, 0.25) is 0 Å². The van der Waals surface area contributed by atoms with Crippen molar-refractivity contribution >= 4 is 47.0 Å². The second kappa shape index (κ2) is 10.0. The van der Waals surface area contributed by atoms with Gasteiger partial charge in [-0.05, 0) is 42.3 Å². The molecule has 2 N–H and O–H groups in total. The number of nitrogen functional groups attached to an aromatic ring is 1. The summed E-state index contributed by atoms with van der Waals surface area (Å²) < 4.78 is 49.3. The van der Waals surface area contributed by atoms with Gasteiger partial charge in [0.1, 0.15) is 11.6 Å². The van der Waals surface area contributed by atoms with Gasteiger partial charge in [-0.25, -0.2) is 18.2 Å². The van der Waals surface area contributed by atoms with Crippen molar-refractivity contribution in [3.05, 3.63) is 65.7 Å². The Balaban J connectivity index is 0.00000141. The van der Waals surface area contributed by atoms with Crippen LogP contribution in [-0.4, -0.2) is 16.1 Å². The predicted molar refractivity (Wildman–Crippen MR) is 135 cm³/mol. The summed E-state index contributed by atoms with van der Waals surface area (Å²) in [5.74, 6) is -2.04. The van der Waals surface area contributed by atoms with E-state index < -0.39 is 17.5 Å². The molecule has 0 spiro atoms. The lowest BCUT2D eigenvalue weighted by Gasteiger charge is -2.11. The van der Waals surface area contributed by atoms with E-state index in [0.717, 1.165) is 11.6 Å². The van der Waals surface area contributed by atoms with Crippen molar-refractivity contribution in [2.75, 3.05) is 12.8 Å². The molecule has 0 saturated carbocycles. The van der Waals surface area contributed by atoms with E-state index in [1.165, 1.54) is 34.4 Å². The fraction of sp³-hybridized carbons (Fsp3) is 0.174. The summed E-state index contributed by atoms with van der Waals surface area (Å²) >= 11 is 2.09. The number of fused-ring (bicyclic) bond motifs is 1. The fourth-order valence-electron chi connectivity index (χ4n) is 3.46. The van der Waals surface area contributed by atoms with Crippen molar-refractivity contribution in [1.82, 2.24) is 8.96 Å². The first-order chi connectivity index (χ1) is 15.3. The van der Waals surface area contributed by atoms with Crippen molar-refractivity contribution in [3.63, 3.8) is 0 Å². The second-order valence-corrected chi connectivity index (χ2v) is 8.38. The SMILES string of the molecule is CC.COc1c(F)cc(F)cc1-c1cn(SI)c2ncc(-c3cc(F)cc(N)c3C)cc12. The molecule has 0 aliphatic heterocycles. The minimum Gasteiger partial charge on any atom is -0.493 e. The van der Waals surface area contributed by atoms with Crippen LogP contribution in [0.15, 0.2) is 42.7 Å². The Hall–Kier alpha value is -2.40. The Kier molecular flexibility index (Phi) is 7.60. The van der Waals surface area contributed by atoms with Gasteiger partial charge in [0.25, 0.3) is 0 Å². The zero-order valence-corrected chi connectivity index (χ0v) is 20.8. The third kappa shape index (κ3) is 4.40. The number of pyridine rings is 1. The van der Waals surface area contributed by atoms with Gasteiger partial charge in [-0.1, -0.05) is 13.8 Å². The first-order valence-electron chi connectivity index (χ1n) is 9.73. The van der Waals surface area contributed by atoms with E-state index in [9.17, 15) is 13.2 Å². The molecule has 2 aromatic carbocycles. The highest BCUT2D eigenvalue weighted by Crippen LogP contribution is 2.41. The van der Waals surface area contributed by atoms with Gasteiger partial charge in [0.15, 0.2) is 17.2 Å². The van der Waals surface area contributed by atoms with Gasteiger partial charge in [-0.15, -0.1) is 0 Å². The average Bonchev–Trinajstić information content (AvgIpc) is 3.15. The minimum absolute atomic E-state index is 0.0644. The van der Waals surface area contributed by atoms with E-state index in [1.54, 1.807) is 23.3 Å². The molecule has 0 radical (unpaired) electrons. The normalized spacial score (nSPS) is 10.8. The quantitative estimate of drug-likeness (QED) is 0.203. The highest BCUT2D eigenvalue weighted by molar-refractivity contribution is 14.2. The maximum atomic E-state index is 14.3. The van der Waals surface area contributed by atoms with Gasteiger partial charge < -0.3 is 10.5 Å². The largest absolute Gasteiger partial charge is 0.493 e. The van der Waals surface area contributed by atoms with Crippen molar-refractivity contribution in [2.45, 2.75) is 20.8 Å². The number of rotatable bonds is 4. The molecule has 32 heavy (non-hydrogen) atoms. The Bertz CT molecular complexity index is 1290. The van der Waals surface area contributed by atoms with Crippen LogP contribution >= 0.6 is 30.3 Å². The molecule has 0 aliphatic rings. The number of halogens is 4. The third-order valence-electron chi connectivity index (χ3n) is 4.91. The molecule has 0 bridgehead atoms. The summed E-state index contributed by atoms with van der Waals surface area (Å²) in [7, 11) is 2.69. The molecule has 0 saturated heterocycles. The van der Waals surface area contributed by atoms with E-state index in [1.807, 2.05) is 19.9 Å². The number of aromatic nitrogens is 2. The molecule has 0 fully saturated rings. The molecule has 4 rings (SSSR count). The van der Waals surface area contributed by atoms with Crippen LogP contribution in [-0.2, 0) is 0 Å². The molecule has 4 aromatic rings. The number of nitrogens with two attached hydrogens (primary N) is 1. The summed E-state index contributed by atoms with van der Waals surface area (Å²) in [6, 6.07) is 6.46. The minimum atomic E-state index is -0.798. The van der Waals surface area contributed by atoms with Crippen molar-refractivity contribution in [2.24, 2.45) is 0 Å². The number of hydrogen-bond acceptors (Lipinski definition) is 4. The smallest absolute Gasteiger partial charge is 0.168 e. The lowest BCUT2D eigenvalue weighted by atomic mass is 9.98. The van der Waals surface area contributed by atoms with Crippen LogP contribution in [0.1, 0.15) is 19.4 Å². The van der Waals surface area contributed by atoms with Crippen LogP contribution in [0.2, 0.25) is 0 Å². The topological polar surface area (TPSA) is 53.1 Å². The number of anilines is 1. The van der Waals surface area contributed by atoms with E-state index in [0.29, 0.717) is 33.4 Å². The Morgan fingerprint density at radius 3 is 2.31 bits per heavy atom. The van der Waals surface area contributed by atoms with Gasteiger partial charge in [0.05, 0.1) is 7.11 Å². The summed E-state index contributed by atoms with van der Waals surface area (Å²) in [5.41, 5.74) is 9.61. The first-order valence-corrected chi connectivity index (χ1v) is 13.0. The van der Waals surface area contributed by atoms with Crippen LogP contribution in [0.5, 0.6) is 5.75 Å². The lowest BCUT2D eigenvalue weighted by molar-refractivity contribution is 0.386. The number of nitrogens with zero attached hydrogens (tertiary/aromatic N) is 2. The molecule has 4 nitrogen and oxygen atoms in total. The van der Waals surface area contributed by atoms with Crippen LogP contribution in [0, 0.1) is 24.4 Å². The van der Waals surface area contributed by atoms with E-state index in [4.69, 9.17) is 10.5 Å². The van der Waals surface area contributed by atoms with E-state index >= 15 is 0 Å². The van der Waals surface area contributed by atoms with Crippen LogP contribution < -0.4 is 10.5 Å². The van der Waals surface area contributed by atoms with E-state index in [-0.39, 0.29) is 11.3 Å². The standard InChI is InChI=1S/C21H15F3IN3OS.C2H6/c1-10-14(4-13(23)7-19(10)26)11-3-16-17(9-28(30-25)21(16)27-8-11)15-5-12(22)6-18(24)20(15)29-2;1-2/h3-9H,26H2,1-2H3;1-2H3. The summed E-state index contributed by atoms with van der Waals surface area (Å²) in [5, 5.41) is 0.641. The lowest BCUT2D eigenvalue weighted by Crippen LogP contribution is -1.95. The molecule has 168 valence electrons. The number of ether oxygens (including phenoxy) is 1. The highest BCUT2D eigenvalue weighted by Gasteiger charge is 2.20. The molecular weight excluding hydrogens is 550 g/mol. The Morgan fingerprint density at radius 2 is 1.66 bits per heavy atom. The molecule has 2 heterocycles. The Morgan fingerprint density at radius 1 is 1.00 bits per heavy atom. The van der Waals surface area contributed by atoms with Crippen LogP contribution in [0.25, 0.3) is 33.3 Å². The molecule has 2 aromatic heterocycles. The van der Waals surface area contributed by atoms with Gasteiger partial charge >= 0.3 is 0 Å². The summed E-state index contributed by atoms with van der Waals surface area (Å²) in [6.45, 7) is 5.80. The summed E-state index contributed by atoms with van der Waals surface area (Å²) in [6.07, 6.45) is 3.36. The molecule has 0 aliphatic carbocycles. The highest BCUT2D eigenvalue weighted by atomic mass is 127. The van der Waals surface area contributed by atoms with Crippen LogP contribution in [0.3, 0.4) is 0 Å². The zero-order valence-electron chi connectivity index (χ0n) is 17.8.